The Balaban J connectivity index is 1.27. The van der Waals surface area contributed by atoms with Crippen molar-refractivity contribution in [1.29, 1.82) is 0 Å². The maximum Gasteiger partial charge on any atom is 0.161 e. The van der Waals surface area contributed by atoms with Gasteiger partial charge in [0.2, 0.25) is 0 Å². The lowest BCUT2D eigenvalue weighted by Crippen LogP contribution is -2.47. The summed E-state index contributed by atoms with van der Waals surface area (Å²) >= 11 is 0. The van der Waals surface area contributed by atoms with Crippen molar-refractivity contribution >= 4 is 0 Å². The Kier molecular flexibility index (Phi) is 7.52. The van der Waals surface area contributed by atoms with Gasteiger partial charge in [0.05, 0.1) is 20.0 Å². The van der Waals surface area contributed by atoms with Crippen molar-refractivity contribution in [2.24, 2.45) is 0 Å². The van der Waals surface area contributed by atoms with Crippen LogP contribution < -0.4 is 14.2 Å². The van der Waals surface area contributed by atoms with Crippen LogP contribution in [0.1, 0.15) is 24.0 Å². The van der Waals surface area contributed by atoms with Crippen LogP contribution >= 0.6 is 0 Å². The molecule has 0 bridgehead atoms. The van der Waals surface area contributed by atoms with E-state index in [1.54, 1.807) is 19.6 Å². The fourth-order valence-electron chi connectivity index (χ4n) is 3.99. The Morgan fingerprint density at radius 1 is 1.03 bits per heavy atom. The average Bonchev–Trinajstić information content (AvgIpc) is 3.34. The number of hydrogen-bond acceptors (Lipinski definition) is 6. The first-order valence-corrected chi connectivity index (χ1v) is 11.4. The first-order chi connectivity index (χ1) is 16.0. The van der Waals surface area contributed by atoms with E-state index in [2.05, 4.69) is 16.0 Å². The standard InChI is InChI=1S/C26H33N3O4/c1-21-3-6-23(7-4-21)33-19-26(30)9-12-28(13-10-26)18-22-5-8-24(31-2)25(17-22)32-16-15-29-14-11-27-20-29/h3-8,11,14,17,20,30H,9-10,12-13,15-16,18-19H2,1-2H3. The number of rotatable bonds is 10. The highest BCUT2D eigenvalue weighted by atomic mass is 16.5. The molecule has 1 fully saturated rings. The second-order valence-electron chi connectivity index (χ2n) is 8.74. The normalized spacial score (nSPS) is 15.8. The summed E-state index contributed by atoms with van der Waals surface area (Å²) in [7, 11) is 1.65. The summed E-state index contributed by atoms with van der Waals surface area (Å²) in [6.45, 7) is 6.06. The van der Waals surface area contributed by atoms with Crippen LogP contribution in [0, 0.1) is 6.92 Å². The maximum atomic E-state index is 11.0. The second kappa shape index (κ2) is 10.7. The number of ether oxygens (including phenoxy) is 3. The molecule has 0 unspecified atom stereocenters. The van der Waals surface area contributed by atoms with Gasteiger partial charge in [0, 0.05) is 32.0 Å². The van der Waals surface area contributed by atoms with Gasteiger partial charge in [-0.15, -0.1) is 0 Å². The summed E-state index contributed by atoms with van der Waals surface area (Å²) in [6, 6.07) is 14.0. The highest BCUT2D eigenvalue weighted by Gasteiger charge is 2.33. The van der Waals surface area contributed by atoms with Crippen molar-refractivity contribution in [2.75, 3.05) is 33.4 Å². The van der Waals surface area contributed by atoms with Gasteiger partial charge >= 0.3 is 0 Å². The lowest BCUT2D eigenvalue weighted by molar-refractivity contribution is -0.0537. The molecule has 7 heteroatoms. The number of aliphatic hydroxyl groups is 1. The number of aromatic nitrogens is 2. The van der Waals surface area contributed by atoms with Crippen molar-refractivity contribution in [1.82, 2.24) is 14.5 Å². The average molecular weight is 452 g/mol. The number of methoxy groups -OCH3 is 1. The molecular weight excluding hydrogens is 418 g/mol. The molecule has 3 aromatic rings. The van der Waals surface area contributed by atoms with E-state index in [0.29, 0.717) is 26.1 Å². The van der Waals surface area contributed by atoms with E-state index in [9.17, 15) is 5.11 Å². The van der Waals surface area contributed by atoms with Crippen LogP contribution in [0.15, 0.2) is 61.2 Å². The van der Waals surface area contributed by atoms with E-state index in [4.69, 9.17) is 14.2 Å². The molecule has 0 saturated carbocycles. The van der Waals surface area contributed by atoms with Gasteiger partial charge in [-0.3, -0.25) is 4.90 Å². The zero-order chi connectivity index (χ0) is 23.1. The molecular formula is C26H33N3O4. The summed E-state index contributed by atoms with van der Waals surface area (Å²) in [5, 5.41) is 11.0. The van der Waals surface area contributed by atoms with Gasteiger partial charge in [-0.25, -0.2) is 4.98 Å². The summed E-state index contributed by atoms with van der Waals surface area (Å²) in [5.41, 5.74) is 1.57. The van der Waals surface area contributed by atoms with E-state index < -0.39 is 5.60 Å². The molecule has 4 rings (SSSR count). The smallest absolute Gasteiger partial charge is 0.161 e. The van der Waals surface area contributed by atoms with Gasteiger partial charge in [-0.2, -0.15) is 0 Å². The number of piperidine rings is 1. The molecule has 33 heavy (non-hydrogen) atoms. The molecule has 0 radical (unpaired) electrons. The summed E-state index contributed by atoms with van der Waals surface area (Å²) in [5.74, 6) is 2.27. The molecule has 0 spiro atoms. The Labute approximate surface area is 195 Å². The van der Waals surface area contributed by atoms with Crippen LogP contribution in [0.3, 0.4) is 0 Å². The molecule has 2 aromatic carbocycles. The number of likely N-dealkylation sites (tertiary alicyclic amines) is 1. The lowest BCUT2D eigenvalue weighted by atomic mass is 9.92. The van der Waals surface area contributed by atoms with E-state index in [0.717, 1.165) is 49.0 Å². The number of benzene rings is 2. The minimum atomic E-state index is -0.789. The quantitative estimate of drug-likeness (QED) is 0.507. The summed E-state index contributed by atoms with van der Waals surface area (Å²) in [4.78, 5) is 6.41. The number of aryl methyl sites for hydroxylation is 1. The van der Waals surface area contributed by atoms with Gasteiger partial charge in [-0.1, -0.05) is 23.8 Å². The molecule has 7 nitrogen and oxygen atoms in total. The highest BCUT2D eigenvalue weighted by Crippen LogP contribution is 2.30. The van der Waals surface area contributed by atoms with Crippen LogP contribution in [-0.2, 0) is 13.1 Å². The zero-order valence-electron chi connectivity index (χ0n) is 19.4. The van der Waals surface area contributed by atoms with Crippen molar-refractivity contribution in [3.8, 4) is 17.2 Å². The monoisotopic (exact) mass is 451 g/mol. The van der Waals surface area contributed by atoms with Crippen LogP contribution in [-0.4, -0.2) is 58.6 Å². The van der Waals surface area contributed by atoms with Crippen molar-refractivity contribution in [3.63, 3.8) is 0 Å². The number of nitrogens with zero attached hydrogens (tertiary/aromatic N) is 3. The largest absolute Gasteiger partial charge is 0.493 e. The highest BCUT2D eigenvalue weighted by molar-refractivity contribution is 5.43. The minimum Gasteiger partial charge on any atom is -0.493 e. The summed E-state index contributed by atoms with van der Waals surface area (Å²) < 4.78 is 19.3. The third-order valence-corrected chi connectivity index (χ3v) is 6.12. The van der Waals surface area contributed by atoms with Crippen molar-refractivity contribution < 1.29 is 19.3 Å². The Hall–Kier alpha value is -3.03. The molecule has 0 aliphatic carbocycles. The molecule has 0 atom stereocenters. The lowest BCUT2D eigenvalue weighted by Gasteiger charge is -2.38. The Morgan fingerprint density at radius 2 is 1.82 bits per heavy atom. The SMILES string of the molecule is COc1ccc(CN2CCC(O)(COc3ccc(C)cc3)CC2)cc1OCCn1ccnc1. The molecule has 1 aliphatic heterocycles. The molecule has 176 valence electrons. The first kappa shape index (κ1) is 23.1. The van der Waals surface area contributed by atoms with E-state index in [-0.39, 0.29) is 0 Å². The topological polar surface area (TPSA) is 69.0 Å². The van der Waals surface area contributed by atoms with Gasteiger partial charge in [-0.05, 0) is 49.6 Å². The fourth-order valence-corrected chi connectivity index (χ4v) is 3.99. The minimum absolute atomic E-state index is 0.321. The van der Waals surface area contributed by atoms with Crippen LogP contribution in [0.4, 0.5) is 0 Å². The van der Waals surface area contributed by atoms with Gasteiger partial charge in [0.15, 0.2) is 11.5 Å². The zero-order valence-corrected chi connectivity index (χ0v) is 19.4. The predicted octanol–water partition coefficient (Wildman–Crippen LogP) is 3.69. The van der Waals surface area contributed by atoms with E-state index >= 15 is 0 Å². The molecule has 1 N–H and O–H groups in total. The van der Waals surface area contributed by atoms with Crippen LogP contribution in [0.5, 0.6) is 17.2 Å². The maximum absolute atomic E-state index is 11.0. The third-order valence-electron chi connectivity index (χ3n) is 6.12. The Morgan fingerprint density at radius 3 is 2.52 bits per heavy atom. The molecule has 0 amide bonds. The molecule has 1 aromatic heterocycles. The third kappa shape index (κ3) is 6.49. The van der Waals surface area contributed by atoms with Gasteiger partial charge in [0.25, 0.3) is 0 Å². The van der Waals surface area contributed by atoms with Crippen molar-refractivity contribution in [3.05, 3.63) is 72.3 Å². The van der Waals surface area contributed by atoms with Crippen LogP contribution in [0.25, 0.3) is 0 Å². The predicted molar refractivity (Wildman–Crippen MR) is 127 cm³/mol. The van der Waals surface area contributed by atoms with Gasteiger partial charge < -0.3 is 23.9 Å². The Bertz CT molecular complexity index is 997. The fraction of sp³-hybridized carbons (Fsp3) is 0.423. The molecule has 1 aliphatic rings. The van der Waals surface area contributed by atoms with Crippen molar-refractivity contribution in [2.45, 2.75) is 38.5 Å². The van der Waals surface area contributed by atoms with Crippen LogP contribution in [0.2, 0.25) is 0 Å². The van der Waals surface area contributed by atoms with E-state index in [1.165, 1.54) is 5.56 Å². The second-order valence-corrected chi connectivity index (χ2v) is 8.74. The number of imidazole rings is 1. The van der Waals surface area contributed by atoms with E-state index in [1.807, 2.05) is 54.1 Å². The number of hydrogen-bond donors (Lipinski definition) is 1. The first-order valence-electron chi connectivity index (χ1n) is 11.4. The van der Waals surface area contributed by atoms with Gasteiger partial charge in [0.1, 0.15) is 24.6 Å². The molecule has 1 saturated heterocycles. The molecule has 2 heterocycles. The summed E-state index contributed by atoms with van der Waals surface area (Å²) in [6.07, 6.45) is 6.82.